The van der Waals surface area contributed by atoms with Gasteiger partial charge >= 0.3 is 0 Å². The molecule has 0 bridgehead atoms. The van der Waals surface area contributed by atoms with Crippen LogP contribution in [0.25, 0.3) is 0 Å². The van der Waals surface area contributed by atoms with Crippen molar-refractivity contribution in [1.29, 1.82) is 0 Å². The van der Waals surface area contributed by atoms with E-state index >= 15 is 0 Å². The maximum Gasteiger partial charge on any atom is 0.123 e. The van der Waals surface area contributed by atoms with Gasteiger partial charge in [-0.2, -0.15) is 0 Å². The zero-order chi connectivity index (χ0) is 14.4. The number of para-hydroxylation sites is 1. The summed E-state index contributed by atoms with van der Waals surface area (Å²) in [5.74, 6) is 0.915. The Labute approximate surface area is 121 Å². The van der Waals surface area contributed by atoms with Crippen molar-refractivity contribution >= 4 is 0 Å². The summed E-state index contributed by atoms with van der Waals surface area (Å²) in [7, 11) is 0. The van der Waals surface area contributed by atoms with Crippen LogP contribution in [0.3, 0.4) is 0 Å². The maximum absolute atomic E-state index is 5.84. The fourth-order valence-corrected chi connectivity index (χ4v) is 2.55. The van der Waals surface area contributed by atoms with Crippen LogP contribution in [0.1, 0.15) is 25.8 Å². The summed E-state index contributed by atoms with van der Waals surface area (Å²) < 4.78 is 11.5. The van der Waals surface area contributed by atoms with E-state index in [1.807, 2.05) is 24.3 Å². The van der Waals surface area contributed by atoms with Crippen LogP contribution in [-0.4, -0.2) is 43.3 Å². The first-order valence-electron chi connectivity index (χ1n) is 7.47. The van der Waals surface area contributed by atoms with E-state index in [0.29, 0.717) is 18.7 Å². The van der Waals surface area contributed by atoms with Gasteiger partial charge in [-0.1, -0.05) is 18.2 Å². The molecule has 1 aromatic rings. The summed E-state index contributed by atoms with van der Waals surface area (Å²) in [5, 5.41) is 0. The highest BCUT2D eigenvalue weighted by molar-refractivity contribution is 5.32. The number of rotatable bonds is 6. The largest absolute Gasteiger partial charge is 0.493 e. The minimum absolute atomic E-state index is 0.338. The molecule has 1 fully saturated rings. The number of nitrogens with zero attached hydrogens (tertiary/aromatic N) is 1. The van der Waals surface area contributed by atoms with Crippen LogP contribution >= 0.6 is 0 Å². The van der Waals surface area contributed by atoms with Gasteiger partial charge in [0.25, 0.3) is 0 Å². The van der Waals surface area contributed by atoms with E-state index in [-0.39, 0.29) is 0 Å². The summed E-state index contributed by atoms with van der Waals surface area (Å²) in [4.78, 5) is 2.48. The van der Waals surface area contributed by atoms with Crippen LogP contribution in [0.5, 0.6) is 5.75 Å². The molecule has 1 aliphatic heterocycles. The zero-order valence-electron chi connectivity index (χ0n) is 12.5. The fourth-order valence-electron chi connectivity index (χ4n) is 2.55. The number of hydrogen-bond donors (Lipinski definition) is 1. The Morgan fingerprint density at radius 2 is 2.15 bits per heavy atom. The van der Waals surface area contributed by atoms with Crippen LogP contribution in [-0.2, 0) is 11.3 Å². The van der Waals surface area contributed by atoms with Crippen molar-refractivity contribution in [2.75, 3.05) is 26.3 Å². The molecule has 2 rings (SSSR count). The highest BCUT2D eigenvalue weighted by Crippen LogP contribution is 2.17. The fraction of sp³-hybridized carbons (Fsp3) is 0.625. The molecular formula is C16H26N2O2. The molecular weight excluding hydrogens is 252 g/mol. The number of benzene rings is 1. The SMILES string of the molecule is CC1CN(CCCOc2ccccc2CN)C(C)CO1. The van der Waals surface area contributed by atoms with E-state index in [2.05, 4.69) is 18.7 Å². The monoisotopic (exact) mass is 278 g/mol. The van der Waals surface area contributed by atoms with Gasteiger partial charge in [0.1, 0.15) is 5.75 Å². The lowest BCUT2D eigenvalue weighted by molar-refractivity contribution is -0.0502. The molecule has 1 heterocycles. The van der Waals surface area contributed by atoms with E-state index in [1.165, 1.54) is 0 Å². The second-order valence-corrected chi connectivity index (χ2v) is 5.50. The number of morpholine rings is 1. The molecule has 0 radical (unpaired) electrons. The van der Waals surface area contributed by atoms with Gasteiger partial charge in [0.2, 0.25) is 0 Å². The van der Waals surface area contributed by atoms with E-state index < -0.39 is 0 Å². The Kier molecular flexibility index (Phi) is 5.83. The zero-order valence-corrected chi connectivity index (χ0v) is 12.5. The molecule has 0 aliphatic carbocycles. The maximum atomic E-state index is 5.84. The Bertz CT molecular complexity index is 411. The first kappa shape index (κ1) is 15.3. The molecule has 2 unspecified atom stereocenters. The molecule has 2 atom stereocenters. The van der Waals surface area contributed by atoms with Crippen molar-refractivity contribution in [1.82, 2.24) is 4.90 Å². The highest BCUT2D eigenvalue weighted by Gasteiger charge is 2.22. The molecule has 1 aliphatic rings. The van der Waals surface area contributed by atoms with Crippen molar-refractivity contribution in [3.05, 3.63) is 29.8 Å². The second-order valence-electron chi connectivity index (χ2n) is 5.50. The molecule has 1 saturated heterocycles. The minimum Gasteiger partial charge on any atom is -0.493 e. The Morgan fingerprint density at radius 1 is 1.35 bits per heavy atom. The highest BCUT2D eigenvalue weighted by atomic mass is 16.5. The average Bonchev–Trinajstić information content (AvgIpc) is 2.47. The topological polar surface area (TPSA) is 47.7 Å². The van der Waals surface area contributed by atoms with Crippen LogP contribution in [0.2, 0.25) is 0 Å². The second kappa shape index (κ2) is 7.62. The molecule has 112 valence electrons. The minimum atomic E-state index is 0.338. The van der Waals surface area contributed by atoms with Gasteiger partial charge in [0.15, 0.2) is 0 Å². The van der Waals surface area contributed by atoms with Gasteiger partial charge in [-0.25, -0.2) is 0 Å². The van der Waals surface area contributed by atoms with Gasteiger partial charge in [0, 0.05) is 31.2 Å². The van der Waals surface area contributed by atoms with Gasteiger partial charge in [-0.15, -0.1) is 0 Å². The molecule has 4 nitrogen and oxygen atoms in total. The van der Waals surface area contributed by atoms with E-state index in [4.69, 9.17) is 15.2 Å². The third-order valence-corrected chi connectivity index (χ3v) is 3.78. The standard InChI is InChI=1S/C16H26N2O2/c1-13-12-20-14(2)11-18(13)8-5-9-19-16-7-4-3-6-15(16)10-17/h3-4,6-7,13-14H,5,8-12,17H2,1-2H3. The van der Waals surface area contributed by atoms with Crippen molar-refractivity contribution in [2.45, 2.75) is 39.0 Å². The van der Waals surface area contributed by atoms with Crippen LogP contribution in [0.4, 0.5) is 0 Å². The summed E-state index contributed by atoms with van der Waals surface area (Å²) in [6.07, 6.45) is 1.36. The number of hydrogen-bond acceptors (Lipinski definition) is 4. The molecule has 0 amide bonds. The molecule has 0 aromatic heterocycles. The van der Waals surface area contributed by atoms with Crippen LogP contribution in [0.15, 0.2) is 24.3 Å². The molecule has 20 heavy (non-hydrogen) atoms. The van der Waals surface area contributed by atoms with E-state index in [0.717, 1.165) is 44.0 Å². The number of nitrogens with two attached hydrogens (primary N) is 1. The quantitative estimate of drug-likeness (QED) is 0.809. The van der Waals surface area contributed by atoms with Gasteiger partial charge < -0.3 is 15.2 Å². The lowest BCUT2D eigenvalue weighted by Gasteiger charge is -2.36. The number of ether oxygens (including phenoxy) is 2. The van der Waals surface area contributed by atoms with E-state index in [1.54, 1.807) is 0 Å². The third-order valence-electron chi connectivity index (χ3n) is 3.78. The third kappa shape index (κ3) is 4.20. The van der Waals surface area contributed by atoms with E-state index in [9.17, 15) is 0 Å². The molecule has 4 heteroatoms. The van der Waals surface area contributed by atoms with Crippen LogP contribution < -0.4 is 10.5 Å². The Balaban J connectivity index is 1.73. The van der Waals surface area contributed by atoms with Gasteiger partial charge in [0.05, 0.1) is 19.3 Å². The van der Waals surface area contributed by atoms with Gasteiger partial charge in [-0.3, -0.25) is 4.90 Å². The normalized spacial score (nSPS) is 23.8. The first-order valence-corrected chi connectivity index (χ1v) is 7.47. The predicted molar refractivity (Wildman–Crippen MR) is 80.9 cm³/mol. The van der Waals surface area contributed by atoms with Crippen molar-refractivity contribution in [2.24, 2.45) is 5.73 Å². The Morgan fingerprint density at radius 3 is 2.95 bits per heavy atom. The summed E-state index contributed by atoms with van der Waals surface area (Å²) in [6.45, 7) is 8.51. The lowest BCUT2D eigenvalue weighted by atomic mass is 10.2. The predicted octanol–water partition coefficient (Wildman–Crippen LogP) is 2.02. The molecule has 1 aromatic carbocycles. The molecule has 0 saturated carbocycles. The van der Waals surface area contributed by atoms with Crippen molar-refractivity contribution < 1.29 is 9.47 Å². The smallest absolute Gasteiger partial charge is 0.123 e. The molecule has 0 spiro atoms. The average molecular weight is 278 g/mol. The lowest BCUT2D eigenvalue weighted by Crippen LogP contribution is -2.47. The summed E-state index contributed by atoms with van der Waals surface area (Å²) >= 11 is 0. The van der Waals surface area contributed by atoms with Gasteiger partial charge in [-0.05, 0) is 26.3 Å². The Hall–Kier alpha value is -1.10. The summed E-state index contributed by atoms with van der Waals surface area (Å²) in [5.41, 5.74) is 6.77. The first-order chi connectivity index (χ1) is 9.70. The van der Waals surface area contributed by atoms with Crippen LogP contribution in [0, 0.1) is 0 Å². The van der Waals surface area contributed by atoms with Crippen molar-refractivity contribution in [3.63, 3.8) is 0 Å². The molecule has 2 N–H and O–H groups in total. The summed E-state index contributed by atoms with van der Waals surface area (Å²) in [6, 6.07) is 8.48. The van der Waals surface area contributed by atoms with Crippen molar-refractivity contribution in [3.8, 4) is 5.75 Å².